The number of hydrogen-bond acceptors (Lipinski definition) is 4. The van der Waals surface area contributed by atoms with E-state index in [0.717, 1.165) is 12.8 Å². The van der Waals surface area contributed by atoms with Crippen LogP contribution in [0.15, 0.2) is 0 Å². The van der Waals surface area contributed by atoms with Gasteiger partial charge in [-0.3, -0.25) is 14.9 Å². The van der Waals surface area contributed by atoms with E-state index in [1.54, 1.807) is 6.92 Å². The van der Waals surface area contributed by atoms with Crippen molar-refractivity contribution in [3.05, 3.63) is 10.1 Å². The summed E-state index contributed by atoms with van der Waals surface area (Å²) in [6, 6.07) is -1.09. The molecule has 0 aromatic heterocycles. The zero-order chi connectivity index (χ0) is 10.7. The summed E-state index contributed by atoms with van der Waals surface area (Å²) >= 11 is 0. The number of carbonyl (C=O) groups excluding carboxylic acids is 1. The molecule has 6 heteroatoms. The second-order valence-electron chi connectivity index (χ2n) is 3.49. The fourth-order valence-corrected chi connectivity index (χ4v) is 1.18. The Labute approximate surface area is 81.4 Å². The molecule has 2 N–H and O–H groups in total. The van der Waals surface area contributed by atoms with E-state index in [0.29, 0.717) is 0 Å². The predicted octanol–water partition coefficient (Wildman–Crippen LogP) is -0.319. The molecule has 6 nitrogen and oxygen atoms in total. The number of nitrogens with one attached hydrogen (secondary N) is 1. The summed E-state index contributed by atoms with van der Waals surface area (Å²) < 4.78 is 0. The Hall–Kier alpha value is -1.17. The van der Waals surface area contributed by atoms with Crippen molar-refractivity contribution in [2.75, 3.05) is 0 Å². The Balaban J connectivity index is 2.46. The number of carbonyl (C=O) groups is 1. The molecule has 80 valence electrons. The number of rotatable bonds is 5. The molecule has 0 radical (unpaired) electrons. The number of nitro groups is 1. The normalized spacial score (nSPS) is 19.9. The third-order valence-corrected chi connectivity index (χ3v) is 2.25. The van der Waals surface area contributed by atoms with Crippen LogP contribution in [0.5, 0.6) is 0 Å². The van der Waals surface area contributed by atoms with Crippen LogP contribution in [0.3, 0.4) is 0 Å². The van der Waals surface area contributed by atoms with E-state index in [2.05, 4.69) is 5.32 Å². The fraction of sp³-hybridized carbons (Fsp3) is 0.875. The van der Waals surface area contributed by atoms with Crippen molar-refractivity contribution in [3.8, 4) is 0 Å². The van der Waals surface area contributed by atoms with Crippen LogP contribution >= 0.6 is 0 Å². The maximum Gasteiger partial charge on any atom is 0.256 e. The van der Waals surface area contributed by atoms with E-state index in [1.165, 1.54) is 0 Å². The Kier molecular flexibility index (Phi) is 3.40. The summed E-state index contributed by atoms with van der Waals surface area (Å²) in [6.45, 7) is 1.57. The van der Waals surface area contributed by atoms with Crippen molar-refractivity contribution in [2.24, 2.45) is 0 Å². The molecule has 0 aliphatic heterocycles. The molecule has 1 fully saturated rings. The molecule has 2 atom stereocenters. The molecule has 0 heterocycles. The highest BCUT2D eigenvalue weighted by atomic mass is 16.6. The van der Waals surface area contributed by atoms with Crippen LogP contribution in [-0.2, 0) is 4.79 Å². The van der Waals surface area contributed by atoms with Gasteiger partial charge in [-0.25, -0.2) is 0 Å². The van der Waals surface area contributed by atoms with Gasteiger partial charge >= 0.3 is 0 Å². The highest BCUT2D eigenvalue weighted by molar-refractivity contribution is 5.81. The van der Waals surface area contributed by atoms with Gasteiger partial charge in [0, 0.05) is 17.4 Å². The summed E-state index contributed by atoms with van der Waals surface area (Å²) in [5, 5.41) is 22.3. The molecule has 1 aliphatic carbocycles. The Bertz CT molecular complexity index is 239. The van der Waals surface area contributed by atoms with Gasteiger partial charge in [-0.2, -0.15) is 0 Å². The summed E-state index contributed by atoms with van der Waals surface area (Å²) in [6.07, 6.45) is 0.406. The monoisotopic (exact) mass is 202 g/mol. The van der Waals surface area contributed by atoms with Gasteiger partial charge < -0.3 is 10.4 Å². The first-order valence-corrected chi connectivity index (χ1v) is 4.68. The van der Waals surface area contributed by atoms with Gasteiger partial charge in [-0.1, -0.05) is 6.92 Å². The molecular formula is C8H14N2O4. The maximum atomic E-state index is 11.2. The first kappa shape index (κ1) is 10.9. The average molecular weight is 202 g/mol. The van der Waals surface area contributed by atoms with Crippen LogP contribution in [0.2, 0.25) is 0 Å². The molecule has 0 bridgehead atoms. The summed E-state index contributed by atoms with van der Waals surface area (Å²) in [5.74, 6) is -0.629. The lowest BCUT2D eigenvalue weighted by Gasteiger charge is -2.13. The Morgan fingerprint density at radius 3 is 2.64 bits per heavy atom. The molecule has 1 amide bonds. The van der Waals surface area contributed by atoms with Crippen molar-refractivity contribution in [1.29, 1.82) is 0 Å². The van der Waals surface area contributed by atoms with E-state index in [-0.39, 0.29) is 12.5 Å². The molecule has 0 aromatic carbocycles. The van der Waals surface area contributed by atoms with Crippen molar-refractivity contribution < 1.29 is 14.8 Å². The van der Waals surface area contributed by atoms with E-state index < -0.39 is 23.0 Å². The second kappa shape index (κ2) is 4.36. The highest BCUT2D eigenvalue weighted by Gasteiger charge is 2.36. The molecular weight excluding hydrogens is 188 g/mol. The van der Waals surface area contributed by atoms with Gasteiger partial charge in [0.2, 0.25) is 12.1 Å². The zero-order valence-electron chi connectivity index (χ0n) is 7.97. The van der Waals surface area contributed by atoms with Gasteiger partial charge in [0.25, 0.3) is 5.91 Å². The van der Waals surface area contributed by atoms with Crippen LogP contribution in [0.25, 0.3) is 0 Å². The smallest absolute Gasteiger partial charge is 0.256 e. The lowest BCUT2D eigenvalue weighted by atomic mass is 10.1. The minimum absolute atomic E-state index is 0.112. The molecule has 1 aliphatic rings. The third-order valence-electron chi connectivity index (χ3n) is 2.25. The minimum atomic E-state index is -1.53. The standard InChI is InChI=1S/C8H14N2O4/c1-2-6(10(13)14)7(11)8(12)9-5-3-4-5/h5-7,11H,2-4H2,1H3,(H,9,12)/t6-,7-/m0/s1. The third kappa shape index (κ3) is 2.66. The lowest BCUT2D eigenvalue weighted by molar-refractivity contribution is -0.531. The van der Waals surface area contributed by atoms with E-state index in [4.69, 9.17) is 0 Å². The Morgan fingerprint density at radius 1 is 1.71 bits per heavy atom. The van der Waals surface area contributed by atoms with Gasteiger partial charge in [-0.15, -0.1) is 0 Å². The number of aliphatic hydroxyl groups excluding tert-OH is 1. The number of amides is 1. The number of nitrogens with zero attached hydrogens (tertiary/aromatic N) is 1. The molecule has 14 heavy (non-hydrogen) atoms. The summed E-state index contributed by atoms with van der Waals surface area (Å²) in [7, 11) is 0. The summed E-state index contributed by atoms with van der Waals surface area (Å²) in [4.78, 5) is 21.1. The first-order chi connectivity index (χ1) is 6.56. The van der Waals surface area contributed by atoms with E-state index >= 15 is 0 Å². The summed E-state index contributed by atoms with van der Waals surface area (Å²) in [5.41, 5.74) is 0. The van der Waals surface area contributed by atoms with Gasteiger partial charge in [0.05, 0.1) is 0 Å². The SMILES string of the molecule is CC[C@@H]([C@H](O)C(=O)NC1CC1)[N+](=O)[O-]. The van der Waals surface area contributed by atoms with Crippen LogP contribution in [0, 0.1) is 10.1 Å². The quantitative estimate of drug-likeness (QED) is 0.472. The van der Waals surface area contributed by atoms with Gasteiger partial charge in [0.1, 0.15) is 0 Å². The van der Waals surface area contributed by atoms with E-state index in [9.17, 15) is 20.0 Å². The number of hydrogen-bond donors (Lipinski definition) is 2. The molecule has 0 spiro atoms. The van der Waals surface area contributed by atoms with Crippen molar-refractivity contribution in [2.45, 2.75) is 44.4 Å². The van der Waals surface area contributed by atoms with Crippen LogP contribution in [-0.4, -0.2) is 34.1 Å². The van der Waals surface area contributed by atoms with Crippen LogP contribution in [0.4, 0.5) is 0 Å². The first-order valence-electron chi connectivity index (χ1n) is 4.68. The molecule has 0 saturated heterocycles. The Morgan fingerprint density at radius 2 is 2.29 bits per heavy atom. The predicted molar refractivity (Wildman–Crippen MR) is 48.2 cm³/mol. The molecule has 0 unspecified atom stereocenters. The highest BCUT2D eigenvalue weighted by Crippen LogP contribution is 2.19. The maximum absolute atomic E-state index is 11.2. The van der Waals surface area contributed by atoms with E-state index in [1.807, 2.05) is 0 Å². The van der Waals surface area contributed by atoms with Crippen molar-refractivity contribution in [3.63, 3.8) is 0 Å². The van der Waals surface area contributed by atoms with Crippen molar-refractivity contribution >= 4 is 5.91 Å². The largest absolute Gasteiger partial charge is 0.377 e. The van der Waals surface area contributed by atoms with Crippen molar-refractivity contribution in [1.82, 2.24) is 5.32 Å². The lowest BCUT2D eigenvalue weighted by Crippen LogP contribution is -2.46. The second-order valence-corrected chi connectivity index (χ2v) is 3.49. The average Bonchev–Trinajstić information content (AvgIpc) is 2.88. The topological polar surface area (TPSA) is 92.5 Å². The number of aliphatic hydroxyl groups is 1. The molecule has 0 aromatic rings. The zero-order valence-corrected chi connectivity index (χ0v) is 7.97. The van der Waals surface area contributed by atoms with Gasteiger partial charge in [0.15, 0.2) is 0 Å². The minimum Gasteiger partial charge on any atom is -0.377 e. The van der Waals surface area contributed by atoms with Crippen LogP contribution < -0.4 is 5.32 Å². The fourth-order valence-electron chi connectivity index (χ4n) is 1.18. The van der Waals surface area contributed by atoms with Crippen LogP contribution in [0.1, 0.15) is 26.2 Å². The molecule has 1 rings (SSSR count). The van der Waals surface area contributed by atoms with Gasteiger partial charge in [-0.05, 0) is 12.8 Å². The molecule has 1 saturated carbocycles.